The molecule has 2 N–H and O–H groups in total. The fourth-order valence-electron chi connectivity index (χ4n) is 9.02. The Labute approximate surface area is 347 Å². The molecule has 4 aromatic rings. The lowest BCUT2D eigenvalue weighted by Gasteiger charge is -2.56. The number of carbonyl (C=O) groups excluding carboxylic acids is 3. The van der Waals surface area contributed by atoms with Crippen molar-refractivity contribution in [3.8, 4) is 11.6 Å². The summed E-state index contributed by atoms with van der Waals surface area (Å²) in [5.41, 5.74) is -3.29. The van der Waals surface area contributed by atoms with Crippen LogP contribution >= 0.6 is 0 Å². The van der Waals surface area contributed by atoms with Crippen LogP contribution < -0.4 is 9.47 Å². The van der Waals surface area contributed by atoms with E-state index in [4.69, 9.17) is 18.4 Å². The van der Waals surface area contributed by atoms with Crippen molar-refractivity contribution in [3.05, 3.63) is 111 Å². The van der Waals surface area contributed by atoms with Crippen LogP contribution in [0.2, 0.25) is 18.1 Å². The molecular formula is C45H51F3N2O9Si. The van der Waals surface area contributed by atoms with Crippen LogP contribution in [-0.4, -0.2) is 78.8 Å². The molecule has 0 saturated heterocycles. The fourth-order valence-corrected chi connectivity index (χ4v) is 10.5. The Bertz CT molecular complexity index is 2270. The SMILES string of the molecule is CN(C)[C@@H]1c2onc(OCc3ccccc3)c2C(=O)[C@@]2(O[Si](C)(C)C(C)(C)C)C(=O)C3C(=O)c4c(OCc5ccccc5)cc(C(CO)CO)c(C(F)(F)F)c4C[C@H]3C[C@@H]12. The van der Waals surface area contributed by atoms with Crippen molar-refractivity contribution in [1.82, 2.24) is 10.1 Å². The number of ketones is 3. The highest BCUT2D eigenvalue weighted by Crippen LogP contribution is 2.59. The molecule has 1 unspecified atom stereocenters. The fraction of sp³-hybridized carbons (Fsp3) is 0.467. The Morgan fingerprint density at radius 1 is 0.917 bits per heavy atom. The van der Waals surface area contributed by atoms with Crippen LogP contribution in [0.1, 0.15) is 93.4 Å². The van der Waals surface area contributed by atoms with E-state index in [9.17, 15) is 10.2 Å². The molecular weight excluding hydrogens is 798 g/mol. The van der Waals surface area contributed by atoms with Crippen molar-refractivity contribution in [2.75, 3.05) is 27.3 Å². The number of carbonyl (C=O) groups is 3. The summed E-state index contributed by atoms with van der Waals surface area (Å²) < 4.78 is 71.5. The van der Waals surface area contributed by atoms with Crippen molar-refractivity contribution in [1.29, 1.82) is 0 Å². The second-order valence-corrected chi connectivity index (χ2v) is 22.6. The zero-order chi connectivity index (χ0) is 43.5. The predicted molar refractivity (Wildman–Crippen MR) is 216 cm³/mol. The quantitative estimate of drug-likeness (QED) is 0.107. The van der Waals surface area contributed by atoms with Gasteiger partial charge in [-0.05, 0) is 84.5 Å². The first kappa shape index (κ1) is 43.4. The van der Waals surface area contributed by atoms with Gasteiger partial charge in [0.05, 0.1) is 36.3 Å². The molecule has 3 aliphatic carbocycles. The van der Waals surface area contributed by atoms with Crippen molar-refractivity contribution in [3.63, 3.8) is 0 Å². The first-order chi connectivity index (χ1) is 28.3. The number of hydrogen-bond donors (Lipinski definition) is 2. The number of nitrogens with zero attached hydrogens (tertiary/aromatic N) is 2. The lowest BCUT2D eigenvalue weighted by atomic mass is 9.54. The first-order valence-corrected chi connectivity index (χ1v) is 23.0. The first-order valence-electron chi connectivity index (χ1n) is 20.1. The van der Waals surface area contributed by atoms with E-state index in [0.29, 0.717) is 5.56 Å². The largest absolute Gasteiger partial charge is 0.488 e. The number of fused-ring (bicyclic) bond motifs is 4. The molecule has 1 heterocycles. The third-order valence-corrected chi connectivity index (χ3v) is 17.4. The Kier molecular flexibility index (Phi) is 11.6. The molecule has 3 aromatic carbocycles. The molecule has 60 heavy (non-hydrogen) atoms. The average Bonchev–Trinajstić information content (AvgIpc) is 3.60. The number of aliphatic hydroxyl groups excluding tert-OH is 2. The summed E-state index contributed by atoms with van der Waals surface area (Å²) in [6, 6.07) is 18.2. The van der Waals surface area contributed by atoms with Crippen LogP contribution in [0.4, 0.5) is 13.2 Å². The summed E-state index contributed by atoms with van der Waals surface area (Å²) in [4.78, 5) is 48.3. The maximum atomic E-state index is 15.8. The van der Waals surface area contributed by atoms with Crippen LogP contribution in [-0.2, 0) is 35.0 Å². The van der Waals surface area contributed by atoms with Gasteiger partial charge in [0.25, 0.3) is 5.88 Å². The molecule has 3 aliphatic rings. The van der Waals surface area contributed by atoms with Crippen LogP contribution in [0.3, 0.4) is 0 Å². The minimum absolute atomic E-state index is 0.0237. The minimum atomic E-state index is -5.03. The topological polar surface area (TPSA) is 149 Å². The van der Waals surface area contributed by atoms with Gasteiger partial charge in [-0.3, -0.25) is 19.3 Å². The average molecular weight is 849 g/mol. The van der Waals surface area contributed by atoms with Crippen LogP contribution in [0, 0.1) is 17.8 Å². The Morgan fingerprint density at radius 2 is 1.50 bits per heavy atom. The standard InChI is InChI=1S/C45H51F3N2O9Si/c1-43(2,3)60(6,7)59-44-31(37(50(4)5)39-35(41(44)55)42(49-58-39)57-24-26-16-12-9-13-17-26)19-27-18-30-34(38(53)33(27)40(44)54)32(56-23-25-14-10-8-11-15-25)20-29(28(21-51)22-52)36(30)45(46,47)48/h8-17,20,27-28,31,33,37,51-52H,18-19,21-24H2,1-7H3/t27-,31-,33?,37-,44-/m0/s1. The number of Topliss-reactive ketones (excluding diaryl/α,β-unsaturated/α-hetero) is 3. The van der Waals surface area contributed by atoms with Crippen molar-refractivity contribution in [2.24, 2.45) is 17.8 Å². The van der Waals surface area contributed by atoms with Gasteiger partial charge in [-0.2, -0.15) is 13.2 Å². The van der Waals surface area contributed by atoms with Crippen LogP contribution in [0.15, 0.2) is 71.3 Å². The molecule has 0 radical (unpaired) electrons. The summed E-state index contributed by atoms with van der Waals surface area (Å²) in [5.74, 6) is -7.72. The number of rotatable bonds is 12. The van der Waals surface area contributed by atoms with Gasteiger partial charge in [0.2, 0.25) is 5.78 Å². The number of aromatic nitrogens is 1. The van der Waals surface area contributed by atoms with Gasteiger partial charge >= 0.3 is 6.18 Å². The van der Waals surface area contributed by atoms with Gasteiger partial charge in [0.15, 0.2) is 31.2 Å². The number of hydrogen-bond acceptors (Lipinski definition) is 11. The second kappa shape index (κ2) is 16.0. The van der Waals surface area contributed by atoms with Crippen molar-refractivity contribution >= 4 is 25.7 Å². The third-order valence-electron chi connectivity index (χ3n) is 12.9. The Morgan fingerprint density at radius 3 is 2.03 bits per heavy atom. The van der Waals surface area contributed by atoms with E-state index in [1.807, 2.05) is 64.2 Å². The highest BCUT2D eigenvalue weighted by molar-refractivity contribution is 6.74. The molecule has 0 spiro atoms. The number of benzene rings is 3. The summed E-state index contributed by atoms with van der Waals surface area (Å²) in [5, 5.41) is 24.0. The van der Waals surface area contributed by atoms with Crippen LogP contribution in [0.25, 0.3) is 0 Å². The molecule has 1 saturated carbocycles. The van der Waals surface area contributed by atoms with Gasteiger partial charge in [-0.15, -0.1) is 0 Å². The molecule has 7 rings (SSSR count). The van der Waals surface area contributed by atoms with Gasteiger partial charge in [0, 0.05) is 11.8 Å². The number of alkyl halides is 3. The Hall–Kier alpha value is -4.67. The maximum absolute atomic E-state index is 15.8. The van der Waals surface area contributed by atoms with Crippen molar-refractivity contribution in [2.45, 2.75) is 88.7 Å². The smallest absolute Gasteiger partial charge is 0.416 e. The molecule has 1 fully saturated rings. The van der Waals surface area contributed by atoms with E-state index in [2.05, 4.69) is 5.16 Å². The summed E-state index contributed by atoms with van der Waals surface area (Å²) in [6.45, 7) is 7.93. The third kappa shape index (κ3) is 7.31. The zero-order valence-corrected chi connectivity index (χ0v) is 35.8. The van der Waals surface area contributed by atoms with E-state index in [1.54, 1.807) is 49.3 Å². The summed E-state index contributed by atoms with van der Waals surface area (Å²) in [6.07, 6.45) is -5.49. The normalized spacial score (nSPS) is 23.0. The van der Waals surface area contributed by atoms with Gasteiger partial charge in [-0.1, -0.05) is 81.4 Å². The summed E-state index contributed by atoms with van der Waals surface area (Å²) in [7, 11) is 0.368. The zero-order valence-electron chi connectivity index (χ0n) is 34.8. The van der Waals surface area contributed by atoms with Gasteiger partial charge < -0.3 is 28.6 Å². The predicted octanol–water partition coefficient (Wildman–Crippen LogP) is 7.74. The number of ether oxygens (including phenoxy) is 2. The van der Waals surface area contributed by atoms with Gasteiger partial charge in [-0.25, -0.2) is 0 Å². The lowest BCUT2D eigenvalue weighted by molar-refractivity contribution is -0.151. The minimum Gasteiger partial charge on any atom is -0.488 e. The molecule has 0 amide bonds. The van der Waals surface area contributed by atoms with Gasteiger partial charge in [0.1, 0.15) is 24.5 Å². The molecule has 0 aliphatic heterocycles. The van der Waals surface area contributed by atoms with E-state index >= 15 is 27.6 Å². The summed E-state index contributed by atoms with van der Waals surface area (Å²) >= 11 is 0. The lowest BCUT2D eigenvalue weighted by Crippen LogP contribution is -2.70. The number of aliphatic hydroxyl groups is 2. The van der Waals surface area contributed by atoms with Crippen LogP contribution in [0.5, 0.6) is 11.6 Å². The highest BCUT2D eigenvalue weighted by atomic mass is 28.4. The second-order valence-electron chi connectivity index (χ2n) is 17.9. The highest BCUT2D eigenvalue weighted by Gasteiger charge is 2.70. The van der Waals surface area contributed by atoms with E-state index in [1.165, 1.54) is 0 Å². The Balaban J connectivity index is 1.43. The molecule has 320 valence electrons. The molecule has 5 atom stereocenters. The number of halogens is 3. The van der Waals surface area contributed by atoms with E-state index in [-0.39, 0.29) is 54.6 Å². The maximum Gasteiger partial charge on any atom is 0.416 e. The molecule has 0 bridgehead atoms. The van der Waals surface area contributed by atoms with E-state index < -0.39 is 102 Å². The molecule has 11 nitrogen and oxygen atoms in total. The molecule has 15 heteroatoms. The molecule has 1 aromatic heterocycles. The monoisotopic (exact) mass is 848 g/mol. The van der Waals surface area contributed by atoms with E-state index in [0.717, 1.165) is 11.6 Å². The van der Waals surface area contributed by atoms with Crippen molar-refractivity contribution < 1.29 is 56.2 Å².